The van der Waals surface area contributed by atoms with Gasteiger partial charge in [0.25, 0.3) is 0 Å². The average Bonchev–Trinajstić information content (AvgIpc) is 2.24. The molecule has 1 aromatic rings. The first-order chi connectivity index (χ1) is 7.25. The number of hydrogen-bond donors (Lipinski definition) is 2. The van der Waals surface area contributed by atoms with Crippen LogP contribution < -0.4 is 5.32 Å². The van der Waals surface area contributed by atoms with Gasteiger partial charge in [-0.3, -0.25) is 0 Å². The van der Waals surface area contributed by atoms with E-state index in [9.17, 15) is 8.78 Å². The average molecular weight is 215 g/mol. The normalized spacial score (nSPS) is 10.3. The van der Waals surface area contributed by atoms with Crippen molar-refractivity contribution in [2.75, 3.05) is 18.5 Å². The Balaban J connectivity index is 2.34. The summed E-state index contributed by atoms with van der Waals surface area (Å²) in [6.45, 7) is 0.759. The van der Waals surface area contributed by atoms with Crippen LogP contribution in [0.2, 0.25) is 0 Å². The van der Waals surface area contributed by atoms with Crippen molar-refractivity contribution in [3.8, 4) is 0 Å². The first kappa shape index (κ1) is 11.9. The number of benzene rings is 1. The summed E-state index contributed by atoms with van der Waals surface area (Å²) in [6.07, 6.45) is 2.45. The Morgan fingerprint density at radius 3 is 2.67 bits per heavy atom. The molecule has 4 heteroatoms. The standard InChI is InChI=1S/C11H15F2NO/c12-9-5-4-6-10(11(9)13)14-7-2-1-3-8-15/h4-6,14-15H,1-3,7-8H2. The number of nitrogens with one attached hydrogen (secondary N) is 1. The Hall–Kier alpha value is -1.16. The van der Waals surface area contributed by atoms with Crippen LogP contribution in [0, 0.1) is 11.6 Å². The first-order valence-electron chi connectivity index (χ1n) is 5.04. The highest BCUT2D eigenvalue weighted by Gasteiger charge is 2.05. The quantitative estimate of drug-likeness (QED) is 0.715. The Labute approximate surface area is 87.9 Å². The van der Waals surface area contributed by atoms with Crippen LogP contribution in [0.1, 0.15) is 19.3 Å². The minimum absolute atomic E-state index is 0.175. The number of hydrogen-bond acceptors (Lipinski definition) is 2. The molecule has 0 saturated carbocycles. The molecule has 15 heavy (non-hydrogen) atoms. The van der Waals surface area contributed by atoms with Crippen molar-refractivity contribution < 1.29 is 13.9 Å². The molecular formula is C11H15F2NO. The largest absolute Gasteiger partial charge is 0.396 e. The molecule has 0 fully saturated rings. The molecule has 0 aliphatic carbocycles. The molecule has 0 saturated heterocycles. The van der Waals surface area contributed by atoms with Gasteiger partial charge in [-0.15, -0.1) is 0 Å². The van der Waals surface area contributed by atoms with Gasteiger partial charge in [0.15, 0.2) is 11.6 Å². The van der Waals surface area contributed by atoms with E-state index in [0.717, 1.165) is 25.3 Å². The van der Waals surface area contributed by atoms with Crippen LogP contribution in [0.5, 0.6) is 0 Å². The summed E-state index contributed by atoms with van der Waals surface area (Å²) in [5.41, 5.74) is 0.194. The topological polar surface area (TPSA) is 32.3 Å². The van der Waals surface area contributed by atoms with Crippen LogP contribution in [-0.4, -0.2) is 18.3 Å². The third-order valence-corrected chi connectivity index (χ3v) is 2.10. The lowest BCUT2D eigenvalue weighted by Gasteiger charge is -2.07. The molecule has 2 N–H and O–H groups in total. The van der Waals surface area contributed by atoms with Crippen molar-refractivity contribution >= 4 is 5.69 Å². The van der Waals surface area contributed by atoms with Crippen LogP contribution in [-0.2, 0) is 0 Å². The molecule has 0 aliphatic heterocycles. The number of aliphatic hydroxyl groups excluding tert-OH is 1. The molecule has 1 aromatic carbocycles. The van der Waals surface area contributed by atoms with Gasteiger partial charge in [0.2, 0.25) is 0 Å². The van der Waals surface area contributed by atoms with Crippen LogP contribution in [0.3, 0.4) is 0 Å². The first-order valence-corrected chi connectivity index (χ1v) is 5.04. The van der Waals surface area contributed by atoms with Gasteiger partial charge in [-0.05, 0) is 31.4 Å². The molecule has 0 heterocycles. The summed E-state index contributed by atoms with van der Waals surface area (Å²) in [5, 5.41) is 11.3. The maximum atomic E-state index is 13.1. The lowest BCUT2D eigenvalue weighted by atomic mass is 10.2. The van der Waals surface area contributed by atoms with Gasteiger partial charge >= 0.3 is 0 Å². The third kappa shape index (κ3) is 3.83. The number of aliphatic hydroxyl groups is 1. The minimum Gasteiger partial charge on any atom is -0.396 e. The van der Waals surface area contributed by atoms with Crippen molar-refractivity contribution in [3.05, 3.63) is 29.8 Å². The van der Waals surface area contributed by atoms with E-state index in [0.29, 0.717) is 6.54 Å². The molecule has 0 aliphatic rings. The Bertz CT molecular complexity index is 305. The molecule has 0 unspecified atom stereocenters. The van der Waals surface area contributed by atoms with E-state index in [1.165, 1.54) is 12.1 Å². The van der Waals surface area contributed by atoms with Crippen LogP contribution >= 0.6 is 0 Å². The number of unbranched alkanes of at least 4 members (excludes halogenated alkanes) is 2. The maximum Gasteiger partial charge on any atom is 0.181 e. The van der Waals surface area contributed by atoms with Gasteiger partial charge in [-0.2, -0.15) is 0 Å². The van der Waals surface area contributed by atoms with E-state index in [2.05, 4.69) is 5.32 Å². The van der Waals surface area contributed by atoms with E-state index in [1.807, 2.05) is 0 Å². The van der Waals surface area contributed by atoms with Crippen molar-refractivity contribution in [1.82, 2.24) is 0 Å². The highest BCUT2D eigenvalue weighted by atomic mass is 19.2. The third-order valence-electron chi connectivity index (χ3n) is 2.10. The molecule has 1 rings (SSSR count). The lowest BCUT2D eigenvalue weighted by molar-refractivity contribution is 0.283. The SMILES string of the molecule is OCCCCCNc1cccc(F)c1F. The van der Waals surface area contributed by atoms with E-state index < -0.39 is 11.6 Å². The predicted molar refractivity (Wildman–Crippen MR) is 55.8 cm³/mol. The van der Waals surface area contributed by atoms with Crippen LogP contribution in [0.4, 0.5) is 14.5 Å². The molecule has 0 atom stereocenters. The van der Waals surface area contributed by atoms with E-state index in [4.69, 9.17) is 5.11 Å². The zero-order valence-corrected chi connectivity index (χ0v) is 8.47. The van der Waals surface area contributed by atoms with Crippen LogP contribution in [0.15, 0.2) is 18.2 Å². The van der Waals surface area contributed by atoms with Crippen molar-refractivity contribution in [1.29, 1.82) is 0 Å². The molecule has 0 aromatic heterocycles. The van der Waals surface area contributed by atoms with Gasteiger partial charge in [-0.25, -0.2) is 8.78 Å². The zero-order chi connectivity index (χ0) is 11.1. The zero-order valence-electron chi connectivity index (χ0n) is 8.47. The van der Waals surface area contributed by atoms with Gasteiger partial charge in [0.1, 0.15) is 0 Å². The fraction of sp³-hybridized carbons (Fsp3) is 0.455. The Morgan fingerprint density at radius 2 is 1.93 bits per heavy atom. The summed E-state index contributed by atoms with van der Waals surface area (Å²) in [6, 6.07) is 4.06. The summed E-state index contributed by atoms with van der Waals surface area (Å²) < 4.78 is 25.9. The number of halogens is 2. The summed E-state index contributed by atoms with van der Waals surface area (Å²) >= 11 is 0. The fourth-order valence-electron chi connectivity index (χ4n) is 1.28. The fourth-order valence-corrected chi connectivity index (χ4v) is 1.28. The Morgan fingerprint density at radius 1 is 1.13 bits per heavy atom. The highest BCUT2D eigenvalue weighted by Crippen LogP contribution is 2.16. The van der Waals surface area contributed by atoms with E-state index in [-0.39, 0.29) is 12.3 Å². The maximum absolute atomic E-state index is 13.1. The molecule has 0 amide bonds. The van der Waals surface area contributed by atoms with E-state index >= 15 is 0 Å². The molecule has 2 nitrogen and oxygen atoms in total. The second-order valence-corrected chi connectivity index (χ2v) is 3.31. The summed E-state index contributed by atoms with van der Waals surface area (Å²) in [4.78, 5) is 0. The molecule has 0 spiro atoms. The minimum atomic E-state index is -0.838. The van der Waals surface area contributed by atoms with Gasteiger partial charge in [-0.1, -0.05) is 6.07 Å². The summed E-state index contributed by atoms with van der Waals surface area (Å²) in [7, 11) is 0. The highest BCUT2D eigenvalue weighted by molar-refractivity contribution is 5.44. The monoisotopic (exact) mass is 215 g/mol. The molecule has 84 valence electrons. The smallest absolute Gasteiger partial charge is 0.181 e. The van der Waals surface area contributed by atoms with Gasteiger partial charge in [0.05, 0.1) is 5.69 Å². The second-order valence-electron chi connectivity index (χ2n) is 3.31. The lowest BCUT2D eigenvalue weighted by Crippen LogP contribution is -2.04. The second kappa shape index (κ2) is 6.35. The predicted octanol–water partition coefficient (Wildman–Crippen LogP) is 2.54. The van der Waals surface area contributed by atoms with Crippen molar-refractivity contribution in [3.63, 3.8) is 0 Å². The Kier molecular flexibility index (Phi) is 5.04. The molecular weight excluding hydrogens is 200 g/mol. The molecule has 0 bridgehead atoms. The van der Waals surface area contributed by atoms with Crippen molar-refractivity contribution in [2.45, 2.75) is 19.3 Å². The van der Waals surface area contributed by atoms with Crippen molar-refractivity contribution in [2.24, 2.45) is 0 Å². The molecule has 0 radical (unpaired) electrons. The number of rotatable bonds is 6. The number of anilines is 1. The van der Waals surface area contributed by atoms with Gasteiger partial charge in [0, 0.05) is 13.2 Å². The van der Waals surface area contributed by atoms with Gasteiger partial charge < -0.3 is 10.4 Å². The summed E-state index contributed by atoms with van der Waals surface area (Å²) in [5.74, 6) is -1.67. The van der Waals surface area contributed by atoms with E-state index in [1.54, 1.807) is 0 Å². The van der Waals surface area contributed by atoms with Crippen LogP contribution in [0.25, 0.3) is 0 Å².